The van der Waals surface area contributed by atoms with Crippen LogP contribution in [0.4, 0.5) is 11.4 Å². The quantitative estimate of drug-likeness (QED) is 0.599. The molecule has 2 aliphatic heterocycles. The van der Waals surface area contributed by atoms with Crippen molar-refractivity contribution in [3.8, 4) is 0 Å². The van der Waals surface area contributed by atoms with Gasteiger partial charge in [0.2, 0.25) is 10.0 Å². The van der Waals surface area contributed by atoms with Crippen LogP contribution in [0.3, 0.4) is 0 Å². The number of sulfonamides is 1. The Balaban J connectivity index is 1.90. The molecule has 0 aromatic heterocycles. The van der Waals surface area contributed by atoms with Gasteiger partial charge in [-0.1, -0.05) is 6.92 Å². The normalized spacial score (nSPS) is 21.1. The molecule has 0 aliphatic carbocycles. The number of hydrogen-bond donors (Lipinski definition) is 1. The summed E-state index contributed by atoms with van der Waals surface area (Å²) in [5.74, 6) is 0.615. The number of piperidine rings is 1. The van der Waals surface area contributed by atoms with Gasteiger partial charge in [0.05, 0.1) is 43.0 Å². The zero-order valence-electron chi connectivity index (χ0n) is 15.3. The lowest BCUT2D eigenvalue weighted by Gasteiger charge is -2.32. The standard InChI is InChI=1S/C17H26N4O4S/c1-14-5-7-19(8-6-14)16-4-3-15(13-17(16)21(22)23)26(24,25)20-11-9-18(2)10-12-20/h3-4,13-14H,5-12H2,1-2H3/p+1. The first-order chi connectivity index (χ1) is 12.3. The van der Waals surface area contributed by atoms with E-state index in [2.05, 4.69) is 6.92 Å². The van der Waals surface area contributed by atoms with E-state index >= 15 is 0 Å². The first-order valence-corrected chi connectivity index (χ1v) is 10.6. The molecular formula is C17H27N4O4S+. The average molecular weight is 383 g/mol. The summed E-state index contributed by atoms with van der Waals surface area (Å²) in [5.41, 5.74) is 0.393. The lowest BCUT2D eigenvalue weighted by Crippen LogP contribution is -3.12. The van der Waals surface area contributed by atoms with Gasteiger partial charge in [-0.3, -0.25) is 10.1 Å². The third-order valence-electron chi connectivity index (χ3n) is 5.48. The second-order valence-electron chi connectivity index (χ2n) is 7.44. The van der Waals surface area contributed by atoms with Crippen molar-refractivity contribution < 1.29 is 18.2 Å². The largest absolute Gasteiger partial charge is 0.366 e. The number of nitro groups is 1. The Morgan fingerprint density at radius 3 is 2.35 bits per heavy atom. The van der Waals surface area contributed by atoms with Gasteiger partial charge in [0.1, 0.15) is 5.69 Å². The molecule has 0 unspecified atom stereocenters. The number of anilines is 1. The number of quaternary nitrogens is 1. The van der Waals surface area contributed by atoms with Gasteiger partial charge < -0.3 is 9.80 Å². The minimum absolute atomic E-state index is 0.0119. The minimum atomic E-state index is -3.70. The molecule has 0 spiro atoms. The summed E-state index contributed by atoms with van der Waals surface area (Å²) in [6, 6.07) is 4.34. The van der Waals surface area contributed by atoms with Crippen LogP contribution in [0.1, 0.15) is 19.8 Å². The molecule has 8 nitrogen and oxygen atoms in total. The van der Waals surface area contributed by atoms with Gasteiger partial charge in [-0.05, 0) is 30.9 Å². The molecule has 0 saturated carbocycles. The molecule has 9 heteroatoms. The first-order valence-electron chi connectivity index (χ1n) is 9.14. The summed E-state index contributed by atoms with van der Waals surface area (Å²) < 4.78 is 27.2. The predicted molar refractivity (Wildman–Crippen MR) is 99.1 cm³/mol. The second-order valence-corrected chi connectivity index (χ2v) is 9.38. The fourth-order valence-corrected chi connectivity index (χ4v) is 5.05. The monoisotopic (exact) mass is 383 g/mol. The maximum Gasteiger partial charge on any atom is 0.293 e. The maximum absolute atomic E-state index is 12.9. The number of nitrogens with one attached hydrogen (secondary N) is 1. The van der Waals surface area contributed by atoms with E-state index in [-0.39, 0.29) is 10.6 Å². The molecule has 3 rings (SSSR count). The number of benzene rings is 1. The summed E-state index contributed by atoms with van der Waals surface area (Å²) in [5, 5.41) is 11.6. The van der Waals surface area contributed by atoms with Crippen molar-refractivity contribution in [3.63, 3.8) is 0 Å². The highest BCUT2D eigenvalue weighted by Crippen LogP contribution is 2.34. The average Bonchev–Trinajstić information content (AvgIpc) is 2.62. The number of likely N-dealkylation sites (N-methyl/N-ethyl adjacent to an activating group) is 1. The molecule has 0 atom stereocenters. The van der Waals surface area contributed by atoms with Crippen molar-refractivity contribution in [3.05, 3.63) is 28.3 Å². The van der Waals surface area contributed by atoms with Crippen LogP contribution in [0.25, 0.3) is 0 Å². The highest BCUT2D eigenvalue weighted by molar-refractivity contribution is 7.89. The van der Waals surface area contributed by atoms with Crippen molar-refractivity contribution in [1.82, 2.24) is 4.31 Å². The summed E-state index contributed by atoms with van der Waals surface area (Å²) in [7, 11) is -1.67. The van der Waals surface area contributed by atoms with Crippen LogP contribution in [0.2, 0.25) is 0 Å². The van der Waals surface area contributed by atoms with E-state index in [0.717, 1.165) is 39.0 Å². The van der Waals surface area contributed by atoms with Crippen molar-refractivity contribution >= 4 is 21.4 Å². The number of nitrogens with zero attached hydrogens (tertiary/aromatic N) is 3. The summed E-state index contributed by atoms with van der Waals surface area (Å²) in [4.78, 5) is 14.4. The van der Waals surface area contributed by atoms with Gasteiger partial charge in [-0.15, -0.1) is 0 Å². The van der Waals surface area contributed by atoms with E-state index in [4.69, 9.17) is 0 Å². The molecule has 2 heterocycles. The van der Waals surface area contributed by atoms with Crippen LogP contribution >= 0.6 is 0 Å². The van der Waals surface area contributed by atoms with Crippen molar-refractivity contribution in [1.29, 1.82) is 0 Å². The lowest BCUT2D eigenvalue weighted by molar-refractivity contribution is -0.883. The summed E-state index contributed by atoms with van der Waals surface area (Å²) in [6.45, 7) is 6.06. The van der Waals surface area contributed by atoms with E-state index in [1.807, 2.05) is 11.9 Å². The maximum atomic E-state index is 12.9. The van der Waals surface area contributed by atoms with Gasteiger partial charge in [-0.2, -0.15) is 4.31 Å². The van der Waals surface area contributed by atoms with Crippen LogP contribution < -0.4 is 9.80 Å². The number of rotatable bonds is 4. The zero-order valence-corrected chi connectivity index (χ0v) is 16.2. The van der Waals surface area contributed by atoms with Gasteiger partial charge in [0, 0.05) is 19.2 Å². The van der Waals surface area contributed by atoms with E-state index in [1.54, 1.807) is 6.07 Å². The second kappa shape index (κ2) is 7.50. The van der Waals surface area contributed by atoms with Gasteiger partial charge in [-0.25, -0.2) is 8.42 Å². The Kier molecular flexibility index (Phi) is 5.50. The number of nitro benzene ring substituents is 1. The molecule has 0 radical (unpaired) electrons. The molecule has 2 fully saturated rings. The molecular weight excluding hydrogens is 356 g/mol. The topological polar surface area (TPSA) is 88.2 Å². The van der Waals surface area contributed by atoms with Crippen LogP contribution in [0.5, 0.6) is 0 Å². The molecule has 26 heavy (non-hydrogen) atoms. The van der Waals surface area contributed by atoms with Gasteiger partial charge >= 0.3 is 0 Å². The Bertz CT molecular complexity index is 767. The van der Waals surface area contributed by atoms with E-state index < -0.39 is 14.9 Å². The van der Waals surface area contributed by atoms with Crippen molar-refractivity contribution in [2.45, 2.75) is 24.7 Å². The van der Waals surface area contributed by atoms with Crippen molar-refractivity contribution in [2.75, 3.05) is 51.2 Å². The van der Waals surface area contributed by atoms with Gasteiger partial charge in [0.15, 0.2) is 0 Å². The van der Waals surface area contributed by atoms with Crippen LogP contribution in [0, 0.1) is 16.0 Å². The Morgan fingerprint density at radius 1 is 1.15 bits per heavy atom. The van der Waals surface area contributed by atoms with E-state index in [9.17, 15) is 18.5 Å². The van der Waals surface area contributed by atoms with E-state index in [1.165, 1.54) is 21.3 Å². The number of hydrogen-bond acceptors (Lipinski definition) is 5. The van der Waals surface area contributed by atoms with Crippen LogP contribution in [-0.4, -0.2) is 64.0 Å². The fourth-order valence-electron chi connectivity index (χ4n) is 3.58. The highest BCUT2D eigenvalue weighted by Gasteiger charge is 2.32. The Labute approximate surface area is 154 Å². The number of piperazine rings is 1. The lowest BCUT2D eigenvalue weighted by atomic mass is 9.98. The molecule has 144 valence electrons. The third kappa shape index (κ3) is 3.84. The smallest absolute Gasteiger partial charge is 0.293 e. The molecule has 0 amide bonds. The van der Waals surface area contributed by atoms with Crippen LogP contribution in [0.15, 0.2) is 23.1 Å². The summed E-state index contributed by atoms with van der Waals surface area (Å²) >= 11 is 0. The Hall–Kier alpha value is -1.71. The molecule has 0 bridgehead atoms. The predicted octanol–water partition coefficient (Wildman–Crippen LogP) is 0.350. The van der Waals surface area contributed by atoms with Gasteiger partial charge in [0.25, 0.3) is 5.69 Å². The van der Waals surface area contributed by atoms with Crippen LogP contribution in [-0.2, 0) is 10.0 Å². The SMILES string of the molecule is CC1CCN(c2ccc(S(=O)(=O)N3CC[NH+](C)CC3)cc2[N+](=O)[O-])CC1. The molecule has 1 aromatic carbocycles. The molecule has 1 N–H and O–H groups in total. The van der Waals surface area contributed by atoms with Crippen molar-refractivity contribution in [2.24, 2.45) is 5.92 Å². The summed E-state index contributed by atoms with van der Waals surface area (Å²) in [6.07, 6.45) is 1.97. The highest BCUT2D eigenvalue weighted by atomic mass is 32.2. The molecule has 2 saturated heterocycles. The molecule has 1 aromatic rings. The minimum Gasteiger partial charge on any atom is -0.366 e. The Morgan fingerprint density at radius 2 is 1.77 bits per heavy atom. The third-order valence-corrected chi connectivity index (χ3v) is 7.38. The fraction of sp³-hybridized carbons (Fsp3) is 0.647. The van der Waals surface area contributed by atoms with E-state index in [0.29, 0.717) is 24.7 Å². The first kappa shape index (κ1) is 19.1. The molecule has 2 aliphatic rings. The zero-order chi connectivity index (χ0) is 18.9.